The molecule has 1 aromatic rings. The van der Waals surface area contributed by atoms with Crippen LogP contribution < -0.4 is 11.1 Å². The Morgan fingerprint density at radius 2 is 1.95 bits per heavy atom. The summed E-state index contributed by atoms with van der Waals surface area (Å²) >= 11 is 1.92. The summed E-state index contributed by atoms with van der Waals surface area (Å²) in [5, 5.41) is 3.48. The number of rotatable bonds is 7. The van der Waals surface area contributed by atoms with Crippen molar-refractivity contribution >= 4 is 23.4 Å². The number of thioether (sulfide) groups is 1. The van der Waals surface area contributed by atoms with Gasteiger partial charge in [0.1, 0.15) is 18.0 Å². The van der Waals surface area contributed by atoms with Crippen molar-refractivity contribution in [1.82, 2.24) is 9.97 Å². The molecule has 0 saturated heterocycles. The topological polar surface area (TPSA) is 63.8 Å². The van der Waals surface area contributed by atoms with E-state index in [1.54, 1.807) is 0 Å². The molecule has 3 N–H and O–H groups in total. The third kappa shape index (κ3) is 3.75. The van der Waals surface area contributed by atoms with Crippen molar-refractivity contribution < 1.29 is 0 Å². The summed E-state index contributed by atoms with van der Waals surface area (Å²) in [6.07, 6.45) is 5.97. The van der Waals surface area contributed by atoms with Gasteiger partial charge in [-0.3, -0.25) is 0 Å². The zero-order valence-corrected chi connectivity index (χ0v) is 13.5. The van der Waals surface area contributed by atoms with E-state index in [4.69, 9.17) is 5.73 Å². The number of nitrogens with one attached hydrogen (secondary N) is 1. The first kappa shape index (κ1) is 16.1. The van der Waals surface area contributed by atoms with Gasteiger partial charge in [-0.05, 0) is 25.0 Å². The fraction of sp³-hybridized carbons (Fsp3) is 0.714. The molecule has 0 fully saturated rings. The average Bonchev–Trinajstić information content (AvgIpc) is 2.40. The van der Waals surface area contributed by atoms with E-state index < -0.39 is 0 Å². The zero-order chi connectivity index (χ0) is 14.5. The summed E-state index contributed by atoms with van der Waals surface area (Å²) in [7, 11) is 0. The fourth-order valence-corrected chi connectivity index (χ4v) is 3.02. The van der Waals surface area contributed by atoms with Gasteiger partial charge in [0.05, 0.1) is 0 Å². The Kier molecular flexibility index (Phi) is 5.91. The lowest BCUT2D eigenvalue weighted by Crippen LogP contribution is -2.32. The van der Waals surface area contributed by atoms with Gasteiger partial charge in [0.2, 0.25) is 0 Å². The number of hydrogen-bond donors (Lipinski definition) is 2. The molecule has 0 spiro atoms. The lowest BCUT2D eigenvalue weighted by atomic mass is 10.0. The van der Waals surface area contributed by atoms with Crippen LogP contribution in [-0.2, 0) is 0 Å². The second-order valence-electron chi connectivity index (χ2n) is 5.12. The third-order valence-corrected chi connectivity index (χ3v) is 5.38. The Bertz CT molecular complexity index is 394. The van der Waals surface area contributed by atoms with Gasteiger partial charge in [-0.1, -0.05) is 27.7 Å². The molecule has 0 amide bonds. The highest BCUT2D eigenvalue weighted by molar-refractivity contribution is 8.00. The normalized spacial score (nSPS) is 11.9. The van der Waals surface area contributed by atoms with Crippen molar-refractivity contribution in [3.8, 4) is 0 Å². The molecule has 0 radical (unpaired) electrons. The number of nitrogen functional groups attached to an aromatic ring is 1. The highest BCUT2D eigenvalue weighted by Gasteiger charge is 2.25. The SMILES string of the molecule is CCC(CC)(CNc1ncnc(N)c1C(C)C)SC. The Morgan fingerprint density at radius 3 is 2.42 bits per heavy atom. The molecule has 0 unspecified atom stereocenters. The molecule has 4 nitrogen and oxygen atoms in total. The first-order valence-electron chi connectivity index (χ1n) is 6.89. The summed E-state index contributed by atoms with van der Waals surface area (Å²) in [6.45, 7) is 9.60. The van der Waals surface area contributed by atoms with Crippen LogP contribution in [0.3, 0.4) is 0 Å². The molecule has 0 aliphatic rings. The minimum Gasteiger partial charge on any atom is -0.383 e. The molecule has 0 atom stereocenters. The second kappa shape index (κ2) is 6.98. The number of aromatic nitrogens is 2. The Hall–Kier alpha value is -0.970. The van der Waals surface area contributed by atoms with Gasteiger partial charge in [-0.2, -0.15) is 11.8 Å². The lowest BCUT2D eigenvalue weighted by Gasteiger charge is -2.30. The predicted molar refractivity (Wildman–Crippen MR) is 85.9 cm³/mol. The molecule has 0 aromatic carbocycles. The summed E-state index contributed by atoms with van der Waals surface area (Å²) in [4.78, 5) is 8.44. The van der Waals surface area contributed by atoms with Crippen LogP contribution in [0.4, 0.5) is 11.6 Å². The summed E-state index contributed by atoms with van der Waals surface area (Å²) in [6, 6.07) is 0. The summed E-state index contributed by atoms with van der Waals surface area (Å²) in [5.74, 6) is 1.77. The van der Waals surface area contributed by atoms with E-state index in [1.807, 2.05) is 11.8 Å². The number of nitrogens with zero attached hydrogens (tertiary/aromatic N) is 2. The number of hydrogen-bond acceptors (Lipinski definition) is 5. The van der Waals surface area contributed by atoms with E-state index >= 15 is 0 Å². The minimum atomic E-state index is 0.258. The van der Waals surface area contributed by atoms with Crippen LogP contribution in [0.1, 0.15) is 52.0 Å². The molecule has 1 heterocycles. The van der Waals surface area contributed by atoms with Crippen molar-refractivity contribution in [3.63, 3.8) is 0 Å². The molecule has 0 aliphatic heterocycles. The van der Waals surface area contributed by atoms with E-state index in [0.717, 1.165) is 30.8 Å². The molecule has 1 aromatic heterocycles. The van der Waals surface area contributed by atoms with Gasteiger partial charge >= 0.3 is 0 Å². The van der Waals surface area contributed by atoms with Crippen LogP contribution in [0.25, 0.3) is 0 Å². The van der Waals surface area contributed by atoms with E-state index in [1.165, 1.54) is 6.33 Å². The van der Waals surface area contributed by atoms with Gasteiger partial charge in [-0.15, -0.1) is 0 Å². The largest absolute Gasteiger partial charge is 0.383 e. The van der Waals surface area contributed by atoms with Gasteiger partial charge < -0.3 is 11.1 Å². The van der Waals surface area contributed by atoms with Crippen molar-refractivity contribution in [2.45, 2.75) is 51.2 Å². The van der Waals surface area contributed by atoms with Gasteiger partial charge in [0, 0.05) is 16.9 Å². The highest BCUT2D eigenvalue weighted by atomic mass is 32.2. The third-order valence-electron chi connectivity index (χ3n) is 3.79. The fourth-order valence-electron chi connectivity index (χ4n) is 2.22. The van der Waals surface area contributed by atoms with Crippen LogP contribution in [0.15, 0.2) is 6.33 Å². The first-order valence-corrected chi connectivity index (χ1v) is 8.11. The van der Waals surface area contributed by atoms with Crippen molar-refractivity contribution in [3.05, 3.63) is 11.9 Å². The van der Waals surface area contributed by atoms with Crippen molar-refractivity contribution in [2.24, 2.45) is 0 Å². The molecule has 5 heteroatoms. The maximum absolute atomic E-state index is 5.96. The van der Waals surface area contributed by atoms with E-state index in [-0.39, 0.29) is 4.75 Å². The van der Waals surface area contributed by atoms with E-state index in [9.17, 15) is 0 Å². The maximum Gasteiger partial charge on any atom is 0.135 e. The van der Waals surface area contributed by atoms with Gasteiger partial charge in [0.25, 0.3) is 0 Å². The zero-order valence-electron chi connectivity index (χ0n) is 12.7. The van der Waals surface area contributed by atoms with Crippen molar-refractivity contribution in [1.29, 1.82) is 0 Å². The lowest BCUT2D eigenvalue weighted by molar-refractivity contribution is 0.573. The van der Waals surface area contributed by atoms with E-state index in [0.29, 0.717) is 11.7 Å². The number of anilines is 2. The Labute approximate surface area is 121 Å². The molecule has 0 aliphatic carbocycles. The summed E-state index contributed by atoms with van der Waals surface area (Å²) in [5.41, 5.74) is 6.98. The van der Waals surface area contributed by atoms with Crippen LogP contribution in [0, 0.1) is 0 Å². The van der Waals surface area contributed by atoms with Gasteiger partial charge in [0.15, 0.2) is 0 Å². The standard InChI is InChI=1S/C14H26N4S/c1-6-14(7-2,19-5)8-16-13-11(10(3)4)12(15)17-9-18-13/h9-10H,6-8H2,1-5H3,(H3,15,16,17,18). The Morgan fingerprint density at radius 1 is 1.32 bits per heavy atom. The molecule has 1 rings (SSSR count). The van der Waals surface area contributed by atoms with Crippen LogP contribution in [0.5, 0.6) is 0 Å². The van der Waals surface area contributed by atoms with E-state index in [2.05, 4.69) is 49.2 Å². The predicted octanol–water partition coefficient (Wildman–Crippen LogP) is 3.52. The molecular formula is C14H26N4S. The molecule has 0 bridgehead atoms. The minimum absolute atomic E-state index is 0.258. The quantitative estimate of drug-likeness (QED) is 0.801. The van der Waals surface area contributed by atoms with Crippen molar-refractivity contribution in [2.75, 3.05) is 23.9 Å². The second-order valence-corrected chi connectivity index (χ2v) is 6.40. The molecule has 0 saturated carbocycles. The summed E-state index contributed by atoms with van der Waals surface area (Å²) < 4.78 is 0.258. The van der Waals surface area contributed by atoms with Crippen LogP contribution in [0.2, 0.25) is 0 Å². The van der Waals surface area contributed by atoms with Gasteiger partial charge in [-0.25, -0.2) is 9.97 Å². The smallest absolute Gasteiger partial charge is 0.135 e. The van der Waals surface area contributed by atoms with Crippen LogP contribution in [-0.4, -0.2) is 27.5 Å². The Balaban J connectivity index is 2.91. The van der Waals surface area contributed by atoms with Crippen LogP contribution >= 0.6 is 11.8 Å². The molecular weight excluding hydrogens is 256 g/mol. The maximum atomic E-state index is 5.96. The first-order chi connectivity index (χ1) is 8.99. The number of nitrogens with two attached hydrogens (primary N) is 1. The molecule has 108 valence electrons. The molecule has 19 heavy (non-hydrogen) atoms. The highest BCUT2D eigenvalue weighted by Crippen LogP contribution is 2.32. The average molecular weight is 282 g/mol. The monoisotopic (exact) mass is 282 g/mol.